The van der Waals surface area contributed by atoms with E-state index < -0.39 is 0 Å². The SMILES string of the molecule is C=CCOc1ccc(/C=N\NC(=O)Cc2ccc(C)cc2C)cc1. The fourth-order valence-electron chi connectivity index (χ4n) is 2.24. The molecule has 0 bridgehead atoms. The molecule has 1 N–H and O–H groups in total. The molecule has 0 aliphatic carbocycles. The first-order valence-electron chi connectivity index (χ1n) is 7.80. The molecule has 2 rings (SSSR count). The minimum absolute atomic E-state index is 0.135. The lowest BCUT2D eigenvalue weighted by molar-refractivity contribution is -0.120. The highest BCUT2D eigenvalue weighted by atomic mass is 16.5. The summed E-state index contributed by atoms with van der Waals surface area (Å²) >= 11 is 0. The molecule has 0 saturated heterocycles. The lowest BCUT2D eigenvalue weighted by Gasteiger charge is -2.06. The van der Waals surface area contributed by atoms with Crippen molar-refractivity contribution in [3.63, 3.8) is 0 Å². The molecule has 0 fully saturated rings. The maximum Gasteiger partial charge on any atom is 0.244 e. The van der Waals surface area contributed by atoms with E-state index in [4.69, 9.17) is 4.74 Å². The zero-order chi connectivity index (χ0) is 17.4. The number of benzene rings is 2. The first-order chi connectivity index (χ1) is 11.6. The molecule has 0 aromatic heterocycles. The highest BCUT2D eigenvalue weighted by molar-refractivity contribution is 5.83. The van der Waals surface area contributed by atoms with Crippen LogP contribution in [0.3, 0.4) is 0 Å². The molecule has 0 spiro atoms. The second-order valence-corrected chi connectivity index (χ2v) is 5.57. The molecule has 0 heterocycles. The molecule has 0 unspecified atom stereocenters. The Morgan fingerprint density at radius 3 is 2.62 bits per heavy atom. The molecular formula is C20H22N2O2. The van der Waals surface area contributed by atoms with Gasteiger partial charge in [0, 0.05) is 0 Å². The number of nitrogens with one attached hydrogen (secondary N) is 1. The molecule has 4 heteroatoms. The van der Waals surface area contributed by atoms with Crippen LogP contribution in [0.1, 0.15) is 22.3 Å². The number of hydrazone groups is 1. The van der Waals surface area contributed by atoms with E-state index in [1.54, 1.807) is 12.3 Å². The Balaban J connectivity index is 1.86. The van der Waals surface area contributed by atoms with Crippen LogP contribution in [0.4, 0.5) is 0 Å². The van der Waals surface area contributed by atoms with Crippen molar-refractivity contribution in [3.05, 3.63) is 77.4 Å². The summed E-state index contributed by atoms with van der Waals surface area (Å²) in [5, 5.41) is 4.00. The second kappa shape index (κ2) is 8.67. The van der Waals surface area contributed by atoms with E-state index in [9.17, 15) is 4.79 Å². The monoisotopic (exact) mass is 322 g/mol. The minimum Gasteiger partial charge on any atom is -0.490 e. The smallest absolute Gasteiger partial charge is 0.244 e. The summed E-state index contributed by atoms with van der Waals surface area (Å²) in [4.78, 5) is 12.0. The van der Waals surface area contributed by atoms with Gasteiger partial charge in [0.15, 0.2) is 0 Å². The topological polar surface area (TPSA) is 50.7 Å². The van der Waals surface area contributed by atoms with Crippen molar-refractivity contribution in [2.75, 3.05) is 6.61 Å². The van der Waals surface area contributed by atoms with E-state index in [-0.39, 0.29) is 5.91 Å². The van der Waals surface area contributed by atoms with Crippen molar-refractivity contribution >= 4 is 12.1 Å². The van der Waals surface area contributed by atoms with Crippen molar-refractivity contribution in [1.82, 2.24) is 5.43 Å². The van der Waals surface area contributed by atoms with Crippen molar-refractivity contribution in [2.45, 2.75) is 20.3 Å². The standard InChI is InChI=1S/C20H22N2O2/c1-4-11-24-19-9-6-17(7-10-19)14-21-22-20(23)13-18-8-5-15(2)12-16(18)3/h4-10,12,14H,1,11,13H2,2-3H3,(H,22,23)/b21-14-. The third kappa shape index (κ3) is 5.39. The molecule has 2 aromatic carbocycles. The minimum atomic E-state index is -0.135. The van der Waals surface area contributed by atoms with Crippen molar-refractivity contribution in [1.29, 1.82) is 0 Å². The summed E-state index contributed by atoms with van der Waals surface area (Å²) in [7, 11) is 0. The van der Waals surface area contributed by atoms with Gasteiger partial charge in [0.1, 0.15) is 12.4 Å². The van der Waals surface area contributed by atoms with Gasteiger partial charge in [-0.1, -0.05) is 36.4 Å². The Morgan fingerprint density at radius 1 is 1.21 bits per heavy atom. The number of amides is 1. The summed E-state index contributed by atoms with van der Waals surface area (Å²) in [5.41, 5.74) is 6.75. The summed E-state index contributed by atoms with van der Waals surface area (Å²) in [6.45, 7) is 8.12. The Bertz CT molecular complexity index is 734. The Hall–Kier alpha value is -2.88. The average Bonchev–Trinajstić information content (AvgIpc) is 2.57. The number of hydrogen-bond acceptors (Lipinski definition) is 3. The molecule has 124 valence electrons. The largest absolute Gasteiger partial charge is 0.490 e. The van der Waals surface area contributed by atoms with Gasteiger partial charge >= 0.3 is 0 Å². The van der Waals surface area contributed by atoms with Crippen LogP contribution in [-0.2, 0) is 11.2 Å². The third-order valence-corrected chi connectivity index (χ3v) is 3.50. The van der Waals surface area contributed by atoms with Gasteiger partial charge in [0.05, 0.1) is 12.6 Å². The molecule has 0 atom stereocenters. The molecule has 0 radical (unpaired) electrons. The van der Waals surface area contributed by atoms with Crippen LogP contribution in [-0.4, -0.2) is 18.7 Å². The number of hydrogen-bond donors (Lipinski definition) is 1. The van der Waals surface area contributed by atoms with Gasteiger partial charge in [-0.15, -0.1) is 0 Å². The van der Waals surface area contributed by atoms with Crippen LogP contribution in [0.5, 0.6) is 5.75 Å². The lowest BCUT2D eigenvalue weighted by atomic mass is 10.0. The first-order valence-corrected chi connectivity index (χ1v) is 7.80. The number of aryl methyl sites for hydroxylation is 2. The summed E-state index contributed by atoms with van der Waals surface area (Å²) in [6.07, 6.45) is 3.62. The van der Waals surface area contributed by atoms with E-state index in [0.717, 1.165) is 22.4 Å². The van der Waals surface area contributed by atoms with Gasteiger partial charge < -0.3 is 4.74 Å². The zero-order valence-corrected chi connectivity index (χ0v) is 14.1. The molecule has 24 heavy (non-hydrogen) atoms. The third-order valence-electron chi connectivity index (χ3n) is 3.50. The summed E-state index contributed by atoms with van der Waals surface area (Å²) < 4.78 is 5.41. The van der Waals surface area contributed by atoms with E-state index in [1.165, 1.54) is 5.56 Å². The predicted octanol–water partition coefficient (Wildman–Crippen LogP) is 3.56. The first kappa shape index (κ1) is 17.5. The maximum absolute atomic E-state index is 12.0. The Kier molecular flexibility index (Phi) is 6.32. The van der Waals surface area contributed by atoms with Crippen LogP contribution in [0.2, 0.25) is 0 Å². The maximum atomic E-state index is 12.0. The highest BCUT2D eigenvalue weighted by Gasteiger charge is 2.05. The van der Waals surface area contributed by atoms with E-state index >= 15 is 0 Å². The van der Waals surface area contributed by atoms with Gasteiger partial charge in [0.25, 0.3) is 0 Å². The van der Waals surface area contributed by atoms with Crippen LogP contribution in [0, 0.1) is 13.8 Å². The predicted molar refractivity (Wildman–Crippen MR) is 97.5 cm³/mol. The van der Waals surface area contributed by atoms with Crippen molar-refractivity contribution in [2.24, 2.45) is 5.10 Å². The summed E-state index contributed by atoms with van der Waals surface area (Å²) in [5.74, 6) is 0.634. The van der Waals surface area contributed by atoms with E-state index in [2.05, 4.69) is 23.2 Å². The molecule has 1 amide bonds. The van der Waals surface area contributed by atoms with Crippen LogP contribution < -0.4 is 10.2 Å². The molecule has 0 aliphatic rings. The second-order valence-electron chi connectivity index (χ2n) is 5.57. The Labute approximate surface area is 142 Å². The fourth-order valence-corrected chi connectivity index (χ4v) is 2.24. The van der Waals surface area contributed by atoms with Crippen LogP contribution >= 0.6 is 0 Å². The Morgan fingerprint density at radius 2 is 1.96 bits per heavy atom. The average molecular weight is 322 g/mol. The number of ether oxygens (including phenoxy) is 1. The normalized spacial score (nSPS) is 10.6. The molecular weight excluding hydrogens is 300 g/mol. The van der Waals surface area contributed by atoms with Gasteiger partial charge in [-0.25, -0.2) is 5.43 Å². The van der Waals surface area contributed by atoms with E-state index in [0.29, 0.717) is 13.0 Å². The van der Waals surface area contributed by atoms with Gasteiger partial charge in [-0.05, 0) is 54.8 Å². The number of carbonyl (C=O) groups excluding carboxylic acids is 1. The van der Waals surface area contributed by atoms with Crippen LogP contribution in [0.15, 0.2) is 60.2 Å². The lowest BCUT2D eigenvalue weighted by Crippen LogP contribution is -2.20. The number of nitrogens with zero attached hydrogens (tertiary/aromatic N) is 1. The highest BCUT2D eigenvalue weighted by Crippen LogP contribution is 2.12. The molecule has 0 aliphatic heterocycles. The fraction of sp³-hybridized carbons (Fsp3) is 0.200. The number of carbonyl (C=O) groups is 1. The van der Waals surface area contributed by atoms with Gasteiger partial charge in [-0.3, -0.25) is 4.79 Å². The van der Waals surface area contributed by atoms with Crippen molar-refractivity contribution < 1.29 is 9.53 Å². The van der Waals surface area contributed by atoms with Crippen molar-refractivity contribution in [3.8, 4) is 5.75 Å². The number of rotatable bonds is 7. The summed E-state index contributed by atoms with van der Waals surface area (Å²) in [6, 6.07) is 13.5. The van der Waals surface area contributed by atoms with E-state index in [1.807, 2.05) is 50.2 Å². The molecule has 2 aromatic rings. The van der Waals surface area contributed by atoms with Gasteiger partial charge in [0.2, 0.25) is 5.91 Å². The quantitative estimate of drug-likeness (QED) is 0.481. The molecule has 4 nitrogen and oxygen atoms in total. The zero-order valence-electron chi connectivity index (χ0n) is 14.1. The molecule has 0 saturated carbocycles. The van der Waals surface area contributed by atoms with Crippen LogP contribution in [0.25, 0.3) is 0 Å². The van der Waals surface area contributed by atoms with Gasteiger partial charge in [-0.2, -0.15) is 5.10 Å².